The van der Waals surface area contributed by atoms with Crippen LogP contribution in [0.3, 0.4) is 0 Å². The van der Waals surface area contributed by atoms with Crippen LogP contribution in [0.25, 0.3) is 0 Å². The first-order valence-electron chi connectivity index (χ1n) is 6.81. The monoisotopic (exact) mass is 314 g/mol. The minimum absolute atomic E-state index is 0.0806. The number of aromatic nitrogens is 1. The first-order chi connectivity index (χ1) is 9.88. The number of hydrogen-bond acceptors (Lipinski definition) is 5. The third-order valence-electron chi connectivity index (χ3n) is 3.22. The Hall–Kier alpha value is -1.51. The van der Waals surface area contributed by atoms with Gasteiger partial charge in [0.15, 0.2) is 0 Å². The maximum Gasteiger partial charge on any atom is 0.242 e. The van der Waals surface area contributed by atoms with Gasteiger partial charge in [0, 0.05) is 25.5 Å². The fourth-order valence-electron chi connectivity index (χ4n) is 1.59. The van der Waals surface area contributed by atoms with Gasteiger partial charge in [-0.3, -0.25) is 9.78 Å². The second kappa shape index (κ2) is 8.06. The van der Waals surface area contributed by atoms with Gasteiger partial charge in [-0.05, 0) is 18.1 Å². The number of nitrogens with two attached hydrogens (primary N) is 1. The number of sulfonamides is 1. The lowest BCUT2D eigenvalue weighted by Gasteiger charge is -2.17. The second-order valence-corrected chi connectivity index (χ2v) is 6.56. The highest BCUT2D eigenvalue weighted by atomic mass is 32.2. The fourth-order valence-corrected chi connectivity index (χ4v) is 2.59. The molecule has 1 amide bonds. The number of hydrogen-bond donors (Lipinski definition) is 3. The van der Waals surface area contributed by atoms with Crippen molar-refractivity contribution < 1.29 is 13.2 Å². The topological polar surface area (TPSA) is 114 Å². The molecule has 8 heteroatoms. The zero-order valence-corrected chi connectivity index (χ0v) is 13.1. The molecule has 0 spiro atoms. The Bertz CT molecular complexity index is 548. The molecule has 1 heterocycles. The van der Waals surface area contributed by atoms with E-state index in [2.05, 4.69) is 15.0 Å². The summed E-state index contributed by atoms with van der Waals surface area (Å²) >= 11 is 0. The first kappa shape index (κ1) is 17.5. The minimum atomic E-state index is -3.59. The van der Waals surface area contributed by atoms with Crippen molar-refractivity contribution in [2.45, 2.75) is 31.2 Å². The van der Waals surface area contributed by atoms with Crippen LogP contribution in [-0.2, 0) is 14.8 Å². The van der Waals surface area contributed by atoms with Crippen molar-refractivity contribution in [3.8, 4) is 0 Å². The van der Waals surface area contributed by atoms with Crippen molar-refractivity contribution in [1.29, 1.82) is 0 Å². The van der Waals surface area contributed by atoms with E-state index in [9.17, 15) is 13.2 Å². The van der Waals surface area contributed by atoms with Gasteiger partial charge in [0.2, 0.25) is 15.9 Å². The number of pyridine rings is 1. The van der Waals surface area contributed by atoms with Crippen LogP contribution >= 0.6 is 0 Å². The van der Waals surface area contributed by atoms with Gasteiger partial charge >= 0.3 is 0 Å². The largest absolute Gasteiger partial charge is 0.353 e. The summed E-state index contributed by atoms with van der Waals surface area (Å²) in [6.07, 6.45) is 3.57. The molecule has 2 atom stereocenters. The van der Waals surface area contributed by atoms with E-state index in [1.165, 1.54) is 18.5 Å². The molecule has 2 unspecified atom stereocenters. The van der Waals surface area contributed by atoms with Crippen molar-refractivity contribution in [3.63, 3.8) is 0 Å². The number of nitrogens with one attached hydrogen (secondary N) is 2. The average molecular weight is 314 g/mol. The van der Waals surface area contributed by atoms with Crippen LogP contribution in [0.4, 0.5) is 0 Å². The summed E-state index contributed by atoms with van der Waals surface area (Å²) in [5.74, 6) is -0.193. The zero-order chi connectivity index (χ0) is 15.9. The van der Waals surface area contributed by atoms with Crippen LogP contribution in [0.1, 0.15) is 20.3 Å². The number of amides is 1. The van der Waals surface area contributed by atoms with Gasteiger partial charge in [-0.1, -0.05) is 20.3 Å². The van der Waals surface area contributed by atoms with E-state index in [1.807, 2.05) is 13.8 Å². The van der Waals surface area contributed by atoms with Crippen molar-refractivity contribution >= 4 is 15.9 Å². The van der Waals surface area contributed by atoms with Gasteiger partial charge in [0.1, 0.15) is 4.90 Å². The minimum Gasteiger partial charge on any atom is -0.353 e. The number of carbonyl (C=O) groups excluding carboxylic acids is 1. The van der Waals surface area contributed by atoms with Crippen LogP contribution in [0.15, 0.2) is 29.4 Å². The third-order valence-corrected chi connectivity index (χ3v) is 4.67. The van der Waals surface area contributed by atoms with Crippen molar-refractivity contribution in [2.24, 2.45) is 11.7 Å². The summed E-state index contributed by atoms with van der Waals surface area (Å²) in [5.41, 5.74) is 5.77. The highest BCUT2D eigenvalue weighted by Gasteiger charge is 2.19. The summed E-state index contributed by atoms with van der Waals surface area (Å²) in [6.45, 7) is 4.13. The molecule has 0 aliphatic rings. The predicted octanol–water partition coefficient (Wildman–Crippen LogP) is -0.150. The van der Waals surface area contributed by atoms with Gasteiger partial charge in [-0.2, -0.15) is 0 Å². The van der Waals surface area contributed by atoms with E-state index in [0.29, 0.717) is 0 Å². The summed E-state index contributed by atoms with van der Waals surface area (Å²) in [5, 5.41) is 2.62. The van der Waals surface area contributed by atoms with E-state index < -0.39 is 16.1 Å². The number of rotatable bonds is 8. The van der Waals surface area contributed by atoms with Crippen LogP contribution in [0.5, 0.6) is 0 Å². The zero-order valence-electron chi connectivity index (χ0n) is 12.2. The quantitative estimate of drug-likeness (QED) is 0.577. The maximum atomic E-state index is 11.9. The summed E-state index contributed by atoms with van der Waals surface area (Å²) < 4.78 is 26.1. The number of carbonyl (C=O) groups is 1. The van der Waals surface area contributed by atoms with E-state index in [4.69, 9.17) is 5.73 Å². The fraction of sp³-hybridized carbons (Fsp3) is 0.538. The molecular weight excluding hydrogens is 292 g/mol. The Balaban J connectivity index is 2.39. The van der Waals surface area contributed by atoms with Crippen molar-refractivity contribution in [3.05, 3.63) is 24.5 Å². The Morgan fingerprint density at radius 3 is 2.71 bits per heavy atom. The smallest absolute Gasteiger partial charge is 0.242 e. The third kappa shape index (κ3) is 5.41. The lowest BCUT2D eigenvalue weighted by Crippen LogP contribution is -2.46. The molecule has 0 radical (unpaired) electrons. The molecule has 0 aliphatic carbocycles. The Morgan fingerprint density at radius 1 is 1.43 bits per heavy atom. The van der Waals surface area contributed by atoms with Crippen LogP contribution in [0, 0.1) is 5.92 Å². The molecule has 21 heavy (non-hydrogen) atoms. The number of nitrogens with zero attached hydrogens (tertiary/aromatic N) is 1. The molecular formula is C13H22N4O3S. The van der Waals surface area contributed by atoms with Gasteiger partial charge in [0.25, 0.3) is 0 Å². The molecule has 4 N–H and O–H groups in total. The standard InChI is InChI=1S/C13H22N4O3S/c1-3-10(2)12(14)13(18)16-7-8-17-21(19,20)11-5-4-6-15-9-11/h4-6,9-10,12,17H,3,7-8,14H2,1-2H3,(H,16,18). The van der Waals surface area contributed by atoms with Crippen molar-refractivity contribution in [1.82, 2.24) is 15.0 Å². The van der Waals surface area contributed by atoms with Gasteiger partial charge in [-0.15, -0.1) is 0 Å². The van der Waals surface area contributed by atoms with E-state index in [1.54, 1.807) is 6.07 Å². The normalized spacial score (nSPS) is 14.4. The molecule has 7 nitrogen and oxygen atoms in total. The molecule has 0 bridgehead atoms. The van der Waals surface area contributed by atoms with Gasteiger partial charge < -0.3 is 11.1 Å². The first-order valence-corrected chi connectivity index (χ1v) is 8.29. The average Bonchev–Trinajstić information content (AvgIpc) is 2.50. The molecule has 118 valence electrons. The molecule has 0 fully saturated rings. The Kier molecular flexibility index (Phi) is 6.73. The molecule has 0 saturated heterocycles. The molecule has 1 aromatic heterocycles. The van der Waals surface area contributed by atoms with Gasteiger partial charge in [-0.25, -0.2) is 13.1 Å². The Labute approximate surface area is 125 Å². The lowest BCUT2D eigenvalue weighted by atomic mass is 9.99. The molecule has 1 rings (SSSR count). The second-order valence-electron chi connectivity index (χ2n) is 4.79. The molecule has 0 aliphatic heterocycles. The van der Waals surface area contributed by atoms with Gasteiger partial charge in [0.05, 0.1) is 6.04 Å². The molecule has 0 saturated carbocycles. The summed E-state index contributed by atoms with van der Waals surface area (Å²) in [7, 11) is -3.59. The molecule has 1 aromatic rings. The van der Waals surface area contributed by atoms with E-state index >= 15 is 0 Å². The highest BCUT2D eigenvalue weighted by molar-refractivity contribution is 7.89. The SMILES string of the molecule is CCC(C)C(N)C(=O)NCCNS(=O)(=O)c1cccnc1. The summed E-state index contributed by atoms with van der Waals surface area (Å²) in [4.78, 5) is 15.6. The Morgan fingerprint density at radius 2 is 2.14 bits per heavy atom. The van der Waals surface area contributed by atoms with E-state index in [0.717, 1.165) is 6.42 Å². The molecule has 0 aromatic carbocycles. The van der Waals surface area contributed by atoms with E-state index in [-0.39, 0.29) is 29.8 Å². The predicted molar refractivity (Wildman–Crippen MR) is 79.9 cm³/mol. The van der Waals surface area contributed by atoms with Crippen molar-refractivity contribution in [2.75, 3.05) is 13.1 Å². The lowest BCUT2D eigenvalue weighted by molar-refractivity contribution is -0.123. The van der Waals surface area contributed by atoms with Crippen LogP contribution in [-0.4, -0.2) is 38.4 Å². The highest BCUT2D eigenvalue weighted by Crippen LogP contribution is 2.05. The van der Waals surface area contributed by atoms with Crippen LogP contribution < -0.4 is 15.8 Å². The maximum absolute atomic E-state index is 11.9. The van der Waals surface area contributed by atoms with Crippen LogP contribution in [0.2, 0.25) is 0 Å². The summed E-state index contributed by atoms with van der Waals surface area (Å²) in [6, 6.07) is 2.42.